The number of nitrogens with zero attached hydrogens (tertiary/aromatic N) is 1. The molecular weight excluding hydrogens is 395 g/mol. The first-order chi connectivity index (χ1) is 14.8. The Hall–Kier alpha value is -3.40. The van der Waals surface area contributed by atoms with E-state index in [1.54, 1.807) is 25.3 Å². The lowest BCUT2D eigenvalue weighted by Gasteiger charge is -1.93. The van der Waals surface area contributed by atoms with E-state index in [0.717, 1.165) is 11.8 Å². The number of aromatic nitrogens is 1. The standard InChI is InChI=1S/C7H6F2.C7H7F.C7H8.C6H7N/c1-5-3-2-4-6(8)7(5)9;1-6-4-2-3-5-7(6)8;1-7-5-3-2-4-6-7;1-6-4-2-3-5-7-6/h2-4H,1H3;2-5H,1H3;2-6H,1H3;2-5H,1H3. The molecule has 0 unspecified atom stereocenters. The summed E-state index contributed by atoms with van der Waals surface area (Å²) in [5.74, 6) is -1.67. The topological polar surface area (TPSA) is 12.9 Å². The number of aryl methyl sites for hydroxylation is 4. The van der Waals surface area contributed by atoms with Crippen LogP contribution < -0.4 is 0 Å². The second kappa shape index (κ2) is 14.6. The third-order valence-corrected chi connectivity index (χ3v) is 3.97. The lowest BCUT2D eigenvalue weighted by atomic mass is 10.2. The van der Waals surface area contributed by atoms with Gasteiger partial charge in [0.2, 0.25) is 0 Å². The summed E-state index contributed by atoms with van der Waals surface area (Å²) in [4.78, 5) is 3.98. The maximum atomic E-state index is 12.4. The lowest BCUT2D eigenvalue weighted by Crippen LogP contribution is -1.85. The molecule has 0 atom stereocenters. The van der Waals surface area contributed by atoms with Crippen molar-refractivity contribution in [2.75, 3.05) is 0 Å². The molecule has 0 aliphatic rings. The van der Waals surface area contributed by atoms with Crippen LogP contribution in [0.2, 0.25) is 0 Å². The van der Waals surface area contributed by atoms with E-state index in [-0.39, 0.29) is 5.82 Å². The third kappa shape index (κ3) is 11.4. The van der Waals surface area contributed by atoms with E-state index in [0.29, 0.717) is 11.1 Å². The van der Waals surface area contributed by atoms with Crippen LogP contribution in [-0.2, 0) is 0 Å². The average Bonchev–Trinajstić information content (AvgIpc) is 2.77. The predicted octanol–water partition coefficient (Wildman–Crippen LogP) is 7.79. The second-order valence-corrected chi connectivity index (χ2v) is 6.75. The fourth-order valence-corrected chi connectivity index (χ4v) is 2.15. The van der Waals surface area contributed by atoms with Crippen LogP contribution in [0.4, 0.5) is 13.2 Å². The van der Waals surface area contributed by atoms with E-state index in [4.69, 9.17) is 0 Å². The number of hydrogen-bond acceptors (Lipinski definition) is 1. The molecule has 0 spiro atoms. The number of rotatable bonds is 0. The highest BCUT2D eigenvalue weighted by Crippen LogP contribution is 2.08. The minimum absolute atomic E-state index is 0.132. The highest BCUT2D eigenvalue weighted by atomic mass is 19.2. The zero-order valence-corrected chi connectivity index (χ0v) is 18.3. The molecule has 0 aliphatic carbocycles. The van der Waals surface area contributed by atoms with Gasteiger partial charge in [0.1, 0.15) is 5.82 Å². The van der Waals surface area contributed by atoms with Gasteiger partial charge in [-0.15, -0.1) is 0 Å². The predicted molar refractivity (Wildman–Crippen MR) is 122 cm³/mol. The van der Waals surface area contributed by atoms with Crippen molar-refractivity contribution in [2.45, 2.75) is 27.7 Å². The van der Waals surface area contributed by atoms with Crippen molar-refractivity contribution < 1.29 is 13.2 Å². The monoisotopic (exact) mass is 423 g/mol. The van der Waals surface area contributed by atoms with Crippen molar-refractivity contribution in [3.8, 4) is 0 Å². The van der Waals surface area contributed by atoms with Gasteiger partial charge in [0.15, 0.2) is 11.6 Å². The van der Waals surface area contributed by atoms with Crippen molar-refractivity contribution in [1.29, 1.82) is 0 Å². The van der Waals surface area contributed by atoms with Gasteiger partial charge in [-0.05, 0) is 63.1 Å². The number of pyridine rings is 1. The first-order valence-electron chi connectivity index (χ1n) is 9.82. The van der Waals surface area contributed by atoms with Gasteiger partial charge >= 0.3 is 0 Å². The molecule has 0 N–H and O–H groups in total. The Morgan fingerprint density at radius 3 is 1.42 bits per heavy atom. The molecule has 0 aliphatic heterocycles. The summed E-state index contributed by atoms with van der Waals surface area (Å²) in [7, 11) is 0. The van der Waals surface area contributed by atoms with E-state index in [1.165, 1.54) is 30.7 Å². The summed E-state index contributed by atoms with van der Waals surface area (Å²) >= 11 is 0. The van der Waals surface area contributed by atoms with Crippen LogP contribution in [-0.4, -0.2) is 4.98 Å². The molecule has 4 heteroatoms. The summed E-state index contributed by atoms with van der Waals surface area (Å²) < 4.78 is 36.9. The smallest absolute Gasteiger partial charge is 0.161 e. The molecule has 1 nitrogen and oxygen atoms in total. The van der Waals surface area contributed by atoms with Gasteiger partial charge in [0.05, 0.1) is 0 Å². The van der Waals surface area contributed by atoms with Crippen LogP contribution >= 0.6 is 0 Å². The van der Waals surface area contributed by atoms with Crippen molar-refractivity contribution in [2.24, 2.45) is 0 Å². The fraction of sp³-hybridized carbons (Fsp3) is 0.148. The fourth-order valence-electron chi connectivity index (χ4n) is 2.15. The molecule has 162 valence electrons. The number of benzene rings is 3. The van der Waals surface area contributed by atoms with Gasteiger partial charge in [-0.3, -0.25) is 4.98 Å². The van der Waals surface area contributed by atoms with Crippen LogP contribution in [0.5, 0.6) is 0 Å². The van der Waals surface area contributed by atoms with Gasteiger partial charge in [0.25, 0.3) is 0 Å². The second-order valence-electron chi connectivity index (χ2n) is 6.75. The molecule has 4 rings (SSSR count). The van der Waals surface area contributed by atoms with Crippen LogP contribution in [0.3, 0.4) is 0 Å². The Morgan fingerprint density at radius 1 is 0.516 bits per heavy atom. The molecule has 4 aromatic rings. The van der Waals surface area contributed by atoms with Gasteiger partial charge < -0.3 is 0 Å². The van der Waals surface area contributed by atoms with Gasteiger partial charge in [-0.2, -0.15) is 0 Å². The largest absolute Gasteiger partial charge is 0.262 e. The SMILES string of the molecule is Cc1cccc(F)c1F.Cc1ccccc1.Cc1ccccc1F.Cc1ccccn1. The third-order valence-electron chi connectivity index (χ3n) is 3.97. The maximum absolute atomic E-state index is 12.4. The molecule has 0 radical (unpaired) electrons. The molecule has 3 aromatic carbocycles. The van der Waals surface area contributed by atoms with Gasteiger partial charge in [0, 0.05) is 11.9 Å². The van der Waals surface area contributed by atoms with E-state index in [9.17, 15) is 13.2 Å². The Kier molecular flexibility index (Phi) is 12.0. The Balaban J connectivity index is 0.000000208. The maximum Gasteiger partial charge on any atom is 0.161 e. The highest BCUT2D eigenvalue weighted by molar-refractivity contribution is 5.16. The van der Waals surface area contributed by atoms with E-state index in [2.05, 4.69) is 24.0 Å². The van der Waals surface area contributed by atoms with Crippen LogP contribution in [0.1, 0.15) is 22.4 Å². The van der Waals surface area contributed by atoms with Crippen molar-refractivity contribution in [3.63, 3.8) is 0 Å². The minimum atomic E-state index is -0.782. The Bertz CT molecular complexity index is 924. The quantitative estimate of drug-likeness (QED) is 0.281. The summed E-state index contributed by atoms with van der Waals surface area (Å²) in [5.41, 5.74) is 3.44. The van der Waals surface area contributed by atoms with E-state index >= 15 is 0 Å². The summed E-state index contributed by atoms with van der Waals surface area (Å²) in [6.07, 6.45) is 1.79. The lowest BCUT2D eigenvalue weighted by molar-refractivity contribution is 0.503. The number of halogens is 3. The normalized spacial score (nSPS) is 9.13. The van der Waals surface area contributed by atoms with Crippen molar-refractivity contribution in [1.82, 2.24) is 4.98 Å². The average molecular weight is 424 g/mol. The Labute approximate surface area is 183 Å². The van der Waals surface area contributed by atoms with E-state index in [1.807, 2.05) is 49.4 Å². The summed E-state index contributed by atoms with van der Waals surface area (Å²) in [5, 5.41) is 0. The zero-order valence-electron chi connectivity index (χ0n) is 18.3. The molecule has 0 saturated heterocycles. The van der Waals surface area contributed by atoms with Gasteiger partial charge in [-0.1, -0.05) is 72.3 Å². The highest BCUT2D eigenvalue weighted by Gasteiger charge is 2.00. The van der Waals surface area contributed by atoms with Crippen LogP contribution in [0.15, 0.2) is 97.2 Å². The molecular formula is C27H28F3N. The first-order valence-corrected chi connectivity index (χ1v) is 9.82. The molecule has 1 aromatic heterocycles. The van der Waals surface area contributed by atoms with Crippen LogP contribution in [0.25, 0.3) is 0 Å². The van der Waals surface area contributed by atoms with Gasteiger partial charge in [-0.25, -0.2) is 13.2 Å². The van der Waals surface area contributed by atoms with Crippen molar-refractivity contribution in [3.05, 3.63) is 137 Å². The molecule has 31 heavy (non-hydrogen) atoms. The molecule has 0 fully saturated rings. The van der Waals surface area contributed by atoms with E-state index < -0.39 is 11.6 Å². The summed E-state index contributed by atoms with van der Waals surface area (Å²) in [6.45, 7) is 7.33. The Morgan fingerprint density at radius 2 is 1.06 bits per heavy atom. The molecule has 1 heterocycles. The van der Waals surface area contributed by atoms with Crippen molar-refractivity contribution >= 4 is 0 Å². The minimum Gasteiger partial charge on any atom is -0.262 e. The first kappa shape index (κ1) is 25.6. The molecule has 0 bridgehead atoms. The number of hydrogen-bond donors (Lipinski definition) is 0. The zero-order chi connectivity index (χ0) is 23.1. The van der Waals surface area contributed by atoms with Crippen LogP contribution in [0, 0.1) is 45.1 Å². The molecule has 0 saturated carbocycles. The summed E-state index contributed by atoms with van der Waals surface area (Å²) in [6, 6.07) is 26.9. The molecule has 0 amide bonds.